The van der Waals surface area contributed by atoms with Crippen LogP contribution in [-0.4, -0.2) is 39.6 Å². The smallest absolute Gasteiger partial charge is 0.254 e. The molecule has 0 aliphatic rings. The number of hydrogen-bond donors (Lipinski definition) is 1. The van der Waals surface area contributed by atoms with E-state index in [1.165, 1.54) is 0 Å². The third kappa shape index (κ3) is 6.22. The monoisotopic (exact) mass is 564 g/mol. The molecule has 0 aliphatic carbocycles. The molecule has 2 amide bonds. The second-order valence-corrected chi connectivity index (χ2v) is 10.1. The van der Waals surface area contributed by atoms with Gasteiger partial charge in [-0.3, -0.25) is 9.59 Å². The molecule has 1 N–H and O–H groups in total. The fourth-order valence-electron chi connectivity index (χ4n) is 3.82. The first-order chi connectivity index (χ1) is 17.3. The second-order valence-electron chi connectivity index (χ2n) is 8.78. The van der Waals surface area contributed by atoms with Crippen LogP contribution in [0.15, 0.2) is 89.4 Å². The van der Waals surface area contributed by atoms with Crippen LogP contribution in [0.4, 0.5) is 5.82 Å². The minimum absolute atomic E-state index is 0.0958. The summed E-state index contributed by atoms with van der Waals surface area (Å²) < 4.78 is 2.50. The Bertz CT molecular complexity index is 1350. The summed E-state index contributed by atoms with van der Waals surface area (Å²) in [6.07, 6.45) is 0. The zero-order valence-corrected chi connectivity index (χ0v) is 22.3. The van der Waals surface area contributed by atoms with E-state index in [-0.39, 0.29) is 24.3 Å². The van der Waals surface area contributed by atoms with Gasteiger partial charge >= 0.3 is 0 Å². The Labute approximate surface area is 224 Å². The molecule has 0 radical (unpaired) electrons. The van der Waals surface area contributed by atoms with Crippen LogP contribution >= 0.6 is 27.5 Å². The van der Waals surface area contributed by atoms with Gasteiger partial charge in [0.2, 0.25) is 5.91 Å². The number of rotatable bonds is 8. The van der Waals surface area contributed by atoms with Crippen molar-refractivity contribution >= 4 is 45.2 Å². The quantitative estimate of drug-likeness (QED) is 0.259. The van der Waals surface area contributed by atoms with Gasteiger partial charge in [-0.05, 0) is 42.3 Å². The minimum atomic E-state index is -0.325. The number of nitrogens with zero attached hydrogens (tertiary/aromatic N) is 3. The van der Waals surface area contributed by atoms with Crippen molar-refractivity contribution in [3.05, 3.63) is 100.0 Å². The molecule has 6 nitrogen and oxygen atoms in total. The molecule has 4 aromatic rings. The van der Waals surface area contributed by atoms with E-state index in [1.807, 2.05) is 74.5 Å². The van der Waals surface area contributed by atoms with Crippen LogP contribution in [0.3, 0.4) is 0 Å². The molecule has 4 rings (SSSR count). The Morgan fingerprint density at radius 2 is 1.67 bits per heavy atom. The summed E-state index contributed by atoms with van der Waals surface area (Å²) >= 11 is 9.85. The Kier molecular flexibility index (Phi) is 8.23. The SMILES string of the molecule is CC(C)CN(CC(=O)Nc1cc(-c2ccccc2)nn1-c1ccccc1Cl)C(=O)c1ccc(Br)cc1. The van der Waals surface area contributed by atoms with E-state index < -0.39 is 0 Å². The summed E-state index contributed by atoms with van der Waals surface area (Å²) in [6, 6.07) is 25.9. The molecule has 0 saturated heterocycles. The van der Waals surface area contributed by atoms with E-state index >= 15 is 0 Å². The van der Waals surface area contributed by atoms with E-state index in [1.54, 1.807) is 33.8 Å². The van der Waals surface area contributed by atoms with Gasteiger partial charge in [0.1, 0.15) is 12.4 Å². The fraction of sp³-hybridized carbons (Fsp3) is 0.179. The number of aromatic nitrogens is 2. The zero-order chi connectivity index (χ0) is 25.7. The molecule has 0 bridgehead atoms. The van der Waals surface area contributed by atoms with Gasteiger partial charge in [0, 0.05) is 28.2 Å². The van der Waals surface area contributed by atoms with E-state index in [4.69, 9.17) is 16.7 Å². The highest BCUT2D eigenvalue weighted by Gasteiger charge is 2.22. The van der Waals surface area contributed by atoms with Gasteiger partial charge in [0.05, 0.1) is 16.4 Å². The van der Waals surface area contributed by atoms with Crippen molar-refractivity contribution in [3.8, 4) is 16.9 Å². The van der Waals surface area contributed by atoms with Crippen molar-refractivity contribution in [1.29, 1.82) is 0 Å². The third-order valence-electron chi connectivity index (χ3n) is 5.43. The number of halogens is 2. The van der Waals surface area contributed by atoms with Crippen LogP contribution in [0.25, 0.3) is 16.9 Å². The number of hydrogen-bond acceptors (Lipinski definition) is 3. The van der Waals surface area contributed by atoms with Gasteiger partial charge in [-0.1, -0.05) is 83.8 Å². The number of carbonyl (C=O) groups excluding carboxylic acids is 2. The molecule has 1 aromatic heterocycles. The summed E-state index contributed by atoms with van der Waals surface area (Å²) in [7, 11) is 0. The molecular weight excluding hydrogens is 540 g/mol. The highest BCUT2D eigenvalue weighted by Crippen LogP contribution is 2.28. The van der Waals surface area contributed by atoms with Crippen LogP contribution < -0.4 is 5.32 Å². The molecule has 36 heavy (non-hydrogen) atoms. The molecule has 0 atom stereocenters. The lowest BCUT2D eigenvalue weighted by Crippen LogP contribution is -2.40. The zero-order valence-electron chi connectivity index (χ0n) is 20.0. The topological polar surface area (TPSA) is 67.2 Å². The number of anilines is 1. The molecule has 0 unspecified atom stereocenters. The lowest BCUT2D eigenvalue weighted by atomic mass is 10.1. The molecule has 8 heteroatoms. The van der Waals surface area contributed by atoms with Crippen molar-refractivity contribution in [1.82, 2.24) is 14.7 Å². The molecule has 0 spiro atoms. The first-order valence-electron chi connectivity index (χ1n) is 11.6. The highest BCUT2D eigenvalue weighted by atomic mass is 79.9. The normalized spacial score (nSPS) is 10.9. The van der Waals surface area contributed by atoms with Crippen molar-refractivity contribution in [3.63, 3.8) is 0 Å². The lowest BCUT2D eigenvalue weighted by Gasteiger charge is -2.24. The molecule has 0 saturated carbocycles. The van der Waals surface area contributed by atoms with Crippen molar-refractivity contribution in [2.75, 3.05) is 18.4 Å². The Morgan fingerprint density at radius 3 is 2.33 bits per heavy atom. The first kappa shape index (κ1) is 25.7. The predicted octanol–water partition coefficient (Wildman–Crippen LogP) is 6.69. The van der Waals surface area contributed by atoms with Gasteiger partial charge in [-0.25, -0.2) is 4.68 Å². The minimum Gasteiger partial charge on any atom is -0.329 e. The number of nitrogens with one attached hydrogen (secondary N) is 1. The predicted molar refractivity (Wildman–Crippen MR) is 148 cm³/mol. The van der Waals surface area contributed by atoms with Gasteiger partial charge in [-0.15, -0.1) is 0 Å². The number of amides is 2. The average molecular weight is 566 g/mol. The molecule has 184 valence electrons. The summed E-state index contributed by atoms with van der Waals surface area (Å²) in [6.45, 7) is 4.37. The number of benzene rings is 3. The van der Waals surface area contributed by atoms with E-state index in [0.29, 0.717) is 34.3 Å². The van der Waals surface area contributed by atoms with Crippen molar-refractivity contribution in [2.45, 2.75) is 13.8 Å². The summed E-state index contributed by atoms with van der Waals surface area (Å²) in [5, 5.41) is 8.17. The molecular formula is C28H26BrClN4O2. The van der Waals surface area contributed by atoms with Crippen LogP contribution in [0.1, 0.15) is 24.2 Å². The van der Waals surface area contributed by atoms with Gasteiger partial charge in [0.25, 0.3) is 5.91 Å². The molecule has 3 aromatic carbocycles. The largest absolute Gasteiger partial charge is 0.329 e. The van der Waals surface area contributed by atoms with Crippen LogP contribution in [0, 0.1) is 5.92 Å². The average Bonchev–Trinajstić information content (AvgIpc) is 3.27. The highest BCUT2D eigenvalue weighted by molar-refractivity contribution is 9.10. The summed E-state index contributed by atoms with van der Waals surface area (Å²) in [4.78, 5) is 28.0. The summed E-state index contributed by atoms with van der Waals surface area (Å²) in [5.41, 5.74) is 2.77. The van der Waals surface area contributed by atoms with Crippen LogP contribution in [-0.2, 0) is 4.79 Å². The number of carbonyl (C=O) groups is 2. The Balaban J connectivity index is 1.62. The Hall–Kier alpha value is -3.42. The van der Waals surface area contributed by atoms with Gasteiger partial charge < -0.3 is 10.2 Å². The second kappa shape index (κ2) is 11.5. The molecule has 1 heterocycles. The van der Waals surface area contributed by atoms with Gasteiger partial charge in [-0.2, -0.15) is 5.10 Å². The lowest BCUT2D eigenvalue weighted by molar-refractivity contribution is -0.117. The van der Waals surface area contributed by atoms with Crippen LogP contribution in [0.2, 0.25) is 5.02 Å². The van der Waals surface area contributed by atoms with E-state index in [0.717, 1.165) is 10.0 Å². The fourth-order valence-corrected chi connectivity index (χ4v) is 4.30. The standard InChI is InChI=1S/C28H26BrClN4O2/c1-19(2)17-33(28(36)21-12-14-22(29)15-13-21)18-27(35)31-26-16-24(20-8-4-3-5-9-20)32-34(26)25-11-7-6-10-23(25)30/h3-16,19H,17-18H2,1-2H3,(H,31,35). The summed E-state index contributed by atoms with van der Waals surface area (Å²) in [5.74, 6) is 0.132. The maximum absolute atomic E-state index is 13.2. The number of para-hydroxylation sites is 1. The Morgan fingerprint density at radius 1 is 1.00 bits per heavy atom. The van der Waals surface area contributed by atoms with Gasteiger partial charge in [0.15, 0.2) is 0 Å². The van der Waals surface area contributed by atoms with Crippen molar-refractivity contribution < 1.29 is 9.59 Å². The van der Waals surface area contributed by atoms with E-state index in [2.05, 4.69) is 21.2 Å². The molecule has 0 fully saturated rings. The maximum atomic E-state index is 13.2. The first-order valence-corrected chi connectivity index (χ1v) is 12.7. The van der Waals surface area contributed by atoms with E-state index in [9.17, 15) is 9.59 Å². The van der Waals surface area contributed by atoms with Crippen molar-refractivity contribution in [2.24, 2.45) is 5.92 Å². The molecule has 0 aliphatic heterocycles. The maximum Gasteiger partial charge on any atom is 0.254 e. The van der Waals surface area contributed by atoms with Crippen LogP contribution in [0.5, 0.6) is 0 Å². The third-order valence-corrected chi connectivity index (χ3v) is 6.27.